The van der Waals surface area contributed by atoms with Crippen LogP contribution in [0.5, 0.6) is 5.75 Å². The molecule has 1 aromatic rings. The van der Waals surface area contributed by atoms with E-state index in [-0.39, 0.29) is 0 Å². The summed E-state index contributed by atoms with van der Waals surface area (Å²) in [6.07, 6.45) is 2.31. The fourth-order valence-electron chi connectivity index (χ4n) is 3.31. The standard InChI is InChI=1S/C19H31N3O2/c1-7-20-8-11-22(9-1)17-18-3-5-19(6-4-18)24-14-2-10-21-12-15-23-16-13-21/h3-6,20H,1-2,7-17H2. The van der Waals surface area contributed by atoms with Crippen LogP contribution in [0.25, 0.3) is 0 Å². The Balaban J connectivity index is 1.34. The zero-order valence-electron chi connectivity index (χ0n) is 14.7. The summed E-state index contributed by atoms with van der Waals surface area (Å²) < 4.78 is 11.2. The van der Waals surface area contributed by atoms with Crippen LogP contribution in [0.4, 0.5) is 0 Å². The van der Waals surface area contributed by atoms with E-state index in [0.29, 0.717) is 0 Å². The van der Waals surface area contributed by atoms with Crippen molar-refractivity contribution in [3.8, 4) is 5.75 Å². The Kier molecular flexibility index (Phi) is 7.36. The summed E-state index contributed by atoms with van der Waals surface area (Å²) in [5, 5.41) is 3.45. The predicted molar refractivity (Wildman–Crippen MR) is 96.6 cm³/mol. The van der Waals surface area contributed by atoms with E-state index in [2.05, 4.69) is 39.4 Å². The maximum atomic E-state index is 5.88. The lowest BCUT2D eigenvalue weighted by atomic mass is 10.2. The van der Waals surface area contributed by atoms with Gasteiger partial charge in [0, 0.05) is 39.3 Å². The van der Waals surface area contributed by atoms with Gasteiger partial charge in [0.25, 0.3) is 0 Å². The lowest BCUT2D eigenvalue weighted by Crippen LogP contribution is -2.37. The Hall–Kier alpha value is -1.14. The van der Waals surface area contributed by atoms with Crippen LogP contribution in [0, 0.1) is 0 Å². The van der Waals surface area contributed by atoms with Crippen LogP contribution in [-0.2, 0) is 11.3 Å². The molecular weight excluding hydrogens is 302 g/mol. The van der Waals surface area contributed by atoms with Crippen molar-refractivity contribution < 1.29 is 9.47 Å². The summed E-state index contributed by atoms with van der Waals surface area (Å²) in [5.41, 5.74) is 1.37. The van der Waals surface area contributed by atoms with Crippen molar-refractivity contribution in [1.29, 1.82) is 0 Å². The molecule has 2 aliphatic rings. The lowest BCUT2D eigenvalue weighted by molar-refractivity contribution is 0.0358. The first kappa shape index (κ1) is 17.7. The van der Waals surface area contributed by atoms with E-state index in [1.807, 2.05) is 0 Å². The van der Waals surface area contributed by atoms with Gasteiger partial charge in [-0.3, -0.25) is 9.80 Å². The minimum atomic E-state index is 0.786. The molecule has 0 amide bonds. The number of nitrogens with zero attached hydrogens (tertiary/aromatic N) is 2. The van der Waals surface area contributed by atoms with Crippen LogP contribution in [0.15, 0.2) is 24.3 Å². The molecule has 0 spiro atoms. The third kappa shape index (κ3) is 6.06. The molecule has 5 nitrogen and oxygen atoms in total. The molecule has 1 N–H and O–H groups in total. The summed E-state index contributed by atoms with van der Waals surface area (Å²) in [7, 11) is 0. The largest absolute Gasteiger partial charge is 0.494 e. The average Bonchev–Trinajstić information content (AvgIpc) is 2.90. The summed E-state index contributed by atoms with van der Waals surface area (Å²) in [5.74, 6) is 0.985. The molecule has 2 fully saturated rings. The normalized spacial score (nSPS) is 20.7. The van der Waals surface area contributed by atoms with Gasteiger partial charge in [-0.05, 0) is 43.6 Å². The van der Waals surface area contributed by atoms with Crippen LogP contribution >= 0.6 is 0 Å². The molecule has 0 aliphatic carbocycles. The van der Waals surface area contributed by atoms with Gasteiger partial charge in [-0.2, -0.15) is 0 Å². The number of benzene rings is 1. The second kappa shape index (κ2) is 9.99. The molecule has 0 radical (unpaired) electrons. The number of morpholine rings is 1. The minimum Gasteiger partial charge on any atom is -0.494 e. The second-order valence-electron chi connectivity index (χ2n) is 6.68. The Labute approximate surface area is 145 Å². The van der Waals surface area contributed by atoms with Crippen molar-refractivity contribution in [2.75, 3.05) is 65.6 Å². The van der Waals surface area contributed by atoms with Crippen molar-refractivity contribution in [3.63, 3.8) is 0 Å². The molecule has 0 aromatic heterocycles. The zero-order valence-corrected chi connectivity index (χ0v) is 14.7. The molecule has 134 valence electrons. The SMILES string of the molecule is c1cc(OCCCN2CCOCC2)ccc1CN1CCCNCC1. The van der Waals surface area contributed by atoms with Gasteiger partial charge in [0.1, 0.15) is 5.75 Å². The average molecular weight is 333 g/mol. The lowest BCUT2D eigenvalue weighted by Gasteiger charge is -2.26. The summed E-state index contributed by atoms with van der Waals surface area (Å²) in [6.45, 7) is 11.4. The topological polar surface area (TPSA) is 37.0 Å². The second-order valence-corrected chi connectivity index (χ2v) is 6.68. The van der Waals surface area contributed by atoms with Gasteiger partial charge >= 0.3 is 0 Å². The third-order valence-corrected chi connectivity index (χ3v) is 4.75. The van der Waals surface area contributed by atoms with Crippen molar-refractivity contribution in [3.05, 3.63) is 29.8 Å². The first-order valence-electron chi connectivity index (χ1n) is 9.35. The Morgan fingerprint density at radius 2 is 1.79 bits per heavy atom. The number of hydrogen-bond acceptors (Lipinski definition) is 5. The monoisotopic (exact) mass is 333 g/mol. The highest BCUT2D eigenvalue weighted by Gasteiger charge is 2.10. The number of ether oxygens (including phenoxy) is 2. The number of rotatable bonds is 7. The summed E-state index contributed by atoms with van der Waals surface area (Å²) >= 11 is 0. The van der Waals surface area contributed by atoms with Gasteiger partial charge in [0.15, 0.2) is 0 Å². The van der Waals surface area contributed by atoms with Crippen LogP contribution in [0.3, 0.4) is 0 Å². The van der Waals surface area contributed by atoms with Crippen LogP contribution in [0.1, 0.15) is 18.4 Å². The van der Waals surface area contributed by atoms with Gasteiger partial charge in [0.2, 0.25) is 0 Å². The van der Waals surface area contributed by atoms with E-state index in [9.17, 15) is 0 Å². The van der Waals surface area contributed by atoms with Crippen LogP contribution in [-0.4, -0.2) is 75.4 Å². The first-order valence-corrected chi connectivity index (χ1v) is 9.35. The summed E-state index contributed by atoms with van der Waals surface area (Å²) in [4.78, 5) is 4.98. The Morgan fingerprint density at radius 3 is 2.62 bits per heavy atom. The van der Waals surface area contributed by atoms with E-state index in [1.54, 1.807) is 0 Å². The highest BCUT2D eigenvalue weighted by molar-refractivity contribution is 5.27. The minimum absolute atomic E-state index is 0.786. The molecule has 0 atom stereocenters. The zero-order chi connectivity index (χ0) is 16.5. The van der Waals surface area contributed by atoms with Gasteiger partial charge in [-0.1, -0.05) is 12.1 Å². The maximum Gasteiger partial charge on any atom is 0.119 e. The van der Waals surface area contributed by atoms with Crippen molar-refractivity contribution in [2.24, 2.45) is 0 Å². The molecule has 2 heterocycles. The highest BCUT2D eigenvalue weighted by atomic mass is 16.5. The van der Waals surface area contributed by atoms with Crippen molar-refractivity contribution in [2.45, 2.75) is 19.4 Å². The number of hydrogen-bond donors (Lipinski definition) is 1. The summed E-state index contributed by atoms with van der Waals surface area (Å²) in [6, 6.07) is 8.63. The van der Waals surface area contributed by atoms with E-state index in [1.165, 1.54) is 18.5 Å². The molecule has 2 aliphatic heterocycles. The molecule has 1 aromatic carbocycles. The predicted octanol–water partition coefficient (Wildman–Crippen LogP) is 1.58. The van der Waals surface area contributed by atoms with Gasteiger partial charge in [-0.25, -0.2) is 0 Å². The van der Waals surface area contributed by atoms with E-state index in [0.717, 1.165) is 77.8 Å². The highest BCUT2D eigenvalue weighted by Crippen LogP contribution is 2.14. The molecular formula is C19H31N3O2. The maximum absolute atomic E-state index is 5.88. The van der Waals surface area contributed by atoms with E-state index < -0.39 is 0 Å². The van der Waals surface area contributed by atoms with E-state index >= 15 is 0 Å². The first-order chi connectivity index (χ1) is 11.9. The Bertz CT molecular complexity index is 452. The molecule has 3 rings (SSSR count). The molecule has 24 heavy (non-hydrogen) atoms. The molecule has 0 unspecified atom stereocenters. The van der Waals surface area contributed by atoms with Crippen molar-refractivity contribution in [1.82, 2.24) is 15.1 Å². The fraction of sp³-hybridized carbons (Fsp3) is 0.684. The smallest absolute Gasteiger partial charge is 0.119 e. The van der Waals surface area contributed by atoms with Gasteiger partial charge in [-0.15, -0.1) is 0 Å². The van der Waals surface area contributed by atoms with Gasteiger partial charge in [0.05, 0.1) is 19.8 Å². The molecule has 5 heteroatoms. The molecule has 0 saturated carbocycles. The van der Waals surface area contributed by atoms with Crippen LogP contribution in [0.2, 0.25) is 0 Å². The van der Waals surface area contributed by atoms with E-state index in [4.69, 9.17) is 9.47 Å². The van der Waals surface area contributed by atoms with Gasteiger partial charge < -0.3 is 14.8 Å². The molecule has 2 saturated heterocycles. The van der Waals surface area contributed by atoms with Crippen LogP contribution < -0.4 is 10.1 Å². The van der Waals surface area contributed by atoms with Crippen molar-refractivity contribution >= 4 is 0 Å². The third-order valence-electron chi connectivity index (χ3n) is 4.75. The Morgan fingerprint density at radius 1 is 0.958 bits per heavy atom. The quantitative estimate of drug-likeness (QED) is 0.767. The fourth-order valence-corrected chi connectivity index (χ4v) is 3.31. The molecule has 0 bridgehead atoms. The number of nitrogens with one attached hydrogen (secondary N) is 1.